The minimum Gasteiger partial charge on any atom is -0.484 e. The van der Waals surface area contributed by atoms with Crippen molar-refractivity contribution in [3.63, 3.8) is 0 Å². The van der Waals surface area contributed by atoms with E-state index in [4.69, 9.17) is 10.00 Å². The van der Waals surface area contributed by atoms with E-state index in [0.29, 0.717) is 29.3 Å². The zero-order valence-electron chi connectivity index (χ0n) is 16.6. The number of hydrogen-bond donors (Lipinski definition) is 0. The molecular weight excluding hydrogens is 402 g/mol. The fraction of sp³-hybridized carbons (Fsp3) is 0.364. The Morgan fingerprint density at radius 2 is 1.70 bits per heavy atom. The predicted molar refractivity (Wildman–Crippen MR) is 110 cm³/mol. The molecule has 1 aliphatic carbocycles. The molecule has 0 atom stereocenters. The Morgan fingerprint density at radius 3 is 2.40 bits per heavy atom. The van der Waals surface area contributed by atoms with Crippen molar-refractivity contribution in [2.45, 2.75) is 24.2 Å². The van der Waals surface area contributed by atoms with Gasteiger partial charge in [-0.2, -0.15) is 9.57 Å². The van der Waals surface area contributed by atoms with E-state index in [-0.39, 0.29) is 25.6 Å². The predicted octanol–water partition coefficient (Wildman–Crippen LogP) is 1.96. The first kappa shape index (κ1) is 20.4. The van der Waals surface area contributed by atoms with Crippen LogP contribution in [0.2, 0.25) is 0 Å². The minimum atomic E-state index is -3.56. The topological polar surface area (TPSA) is 90.7 Å². The number of nitriles is 1. The van der Waals surface area contributed by atoms with Gasteiger partial charge in [0.1, 0.15) is 5.75 Å². The zero-order chi connectivity index (χ0) is 21.1. The number of benzene rings is 2. The average molecular weight is 426 g/mol. The molecule has 8 heteroatoms. The van der Waals surface area contributed by atoms with Crippen LogP contribution in [-0.2, 0) is 27.7 Å². The highest BCUT2D eigenvalue weighted by Crippen LogP contribution is 2.26. The summed E-state index contributed by atoms with van der Waals surface area (Å²) in [4.78, 5) is 14.4. The van der Waals surface area contributed by atoms with E-state index in [2.05, 4.69) is 0 Å². The van der Waals surface area contributed by atoms with Gasteiger partial charge in [-0.3, -0.25) is 4.79 Å². The molecular formula is C22H23N3O4S. The molecule has 0 radical (unpaired) electrons. The molecule has 0 N–H and O–H groups in total. The van der Waals surface area contributed by atoms with Crippen LogP contribution < -0.4 is 4.74 Å². The number of hydrogen-bond acceptors (Lipinski definition) is 5. The van der Waals surface area contributed by atoms with Crippen molar-refractivity contribution in [3.05, 3.63) is 59.2 Å². The van der Waals surface area contributed by atoms with Crippen molar-refractivity contribution in [1.29, 1.82) is 5.26 Å². The quantitative estimate of drug-likeness (QED) is 0.730. The fourth-order valence-electron chi connectivity index (χ4n) is 3.90. The fourth-order valence-corrected chi connectivity index (χ4v) is 5.37. The number of carbonyl (C=O) groups is 1. The van der Waals surface area contributed by atoms with Crippen molar-refractivity contribution in [2.24, 2.45) is 0 Å². The second-order valence-corrected chi connectivity index (χ2v) is 9.43. The Kier molecular flexibility index (Phi) is 5.75. The van der Waals surface area contributed by atoms with E-state index < -0.39 is 10.0 Å². The number of carbonyl (C=O) groups excluding carboxylic acids is 1. The Morgan fingerprint density at radius 1 is 1.00 bits per heavy atom. The number of sulfonamides is 1. The summed E-state index contributed by atoms with van der Waals surface area (Å²) in [5, 5.41) is 8.81. The van der Waals surface area contributed by atoms with Crippen molar-refractivity contribution in [2.75, 3.05) is 32.8 Å². The normalized spacial score (nSPS) is 16.7. The van der Waals surface area contributed by atoms with Gasteiger partial charge in [0.05, 0.1) is 16.5 Å². The van der Waals surface area contributed by atoms with Gasteiger partial charge in [-0.05, 0) is 66.8 Å². The third kappa shape index (κ3) is 4.18. The monoisotopic (exact) mass is 425 g/mol. The van der Waals surface area contributed by atoms with Gasteiger partial charge < -0.3 is 9.64 Å². The van der Waals surface area contributed by atoms with Crippen LogP contribution in [-0.4, -0.2) is 56.3 Å². The molecule has 4 rings (SSSR count). The molecule has 2 aliphatic rings. The van der Waals surface area contributed by atoms with Crippen LogP contribution in [0.5, 0.6) is 5.75 Å². The van der Waals surface area contributed by atoms with Gasteiger partial charge in [0.2, 0.25) is 10.0 Å². The number of fused-ring (bicyclic) bond motifs is 1. The van der Waals surface area contributed by atoms with Crippen LogP contribution in [0.4, 0.5) is 0 Å². The number of nitrogens with zero attached hydrogens (tertiary/aromatic N) is 3. The molecule has 0 unspecified atom stereocenters. The van der Waals surface area contributed by atoms with Crippen molar-refractivity contribution >= 4 is 15.9 Å². The molecule has 7 nitrogen and oxygen atoms in total. The first-order valence-electron chi connectivity index (χ1n) is 10.00. The SMILES string of the molecule is N#Cc1ccc(OCC(=O)N2CCN(S(=O)(=O)c3ccc4c(c3)CCC4)CC2)cc1. The lowest BCUT2D eigenvalue weighted by molar-refractivity contribution is -0.134. The maximum absolute atomic E-state index is 13.0. The highest BCUT2D eigenvalue weighted by Gasteiger charge is 2.31. The largest absolute Gasteiger partial charge is 0.484 e. The maximum atomic E-state index is 13.0. The molecule has 1 saturated heterocycles. The van der Waals surface area contributed by atoms with Gasteiger partial charge in [-0.1, -0.05) is 6.07 Å². The maximum Gasteiger partial charge on any atom is 0.260 e. The van der Waals surface area contributed by atoms with Crippen LogP contribution in [0.3, 0.4) is 0 Å². The molecule has 1 fully saturated rings. The van der Waals surface area contributed by atoms with E-state index >= 15 is 0 Å². The van der Waals surface area contributed by atoms with Gasteiger partial charge in [-0.25, -0.2) is 8.42 Å². The number of rotatable bonds is 5. The van der Waals surface area contributed by atoms with Crippen molar-refractivity contribution in [1.82, 2.24) is 9.21 Å². The summed E-state index contributed by atoms with van der Waals surface area (Å²) in [6.45, 7) is 1.08. The molecule has 0 spiro atoms. The van der Waals surface area contributed by atoms with Crippen LogP contribution in [0.25, 0.3) is 0 Å². The standard InChI is InChI=1S/C22H23N3O4S/c23-15-17-4-7-20(8-5-17)29-16-22(26)24-10-12-25(13-11-24)30(27,28)21-9-6-18-2-1-3-19(18)14-21/h4-9,14H,1-3,10-13,16H2. The summed E-state index contributed by atoms with van der Waals surface area (Å²) >= 11 is 0. The number of piperazine rings is 1. The third-order valence-electron chi connectivity index (χ3n) is 5.64. The molecule has 1 aliphatic heterocycles. The van der Waals surface area contributed by atoms with Gasteiger partial charge in [0.15, 0.2) is 6.61 Å². The van der Waals surface area contributed by atoms with E-state index in [1.165, 1.54) is 9.87 Å². The lowest BCUT2D eigenvalue weighted by atomic mass is 10.1. The van der Waals surface area contributed by atoms with Crippen LogP contribution in [0, 0.1) is 11.3 Å². The Hall–Kier alpha value is -2.89. The summed E-state index contributed by atoms with van der Waals surface area (Å²) in [6, 6.07) is 14.0. The summed E-state index contributed by atoms with van der Waals surface area (Å²) in [6.07, 6.45) is 3.02. The summed E-state index contributed by atoms with van der Waals surface area (Å²) in [7, 11) is -3.56. The van der Waals surface area contributed by atoms with Crippen molar-refractivity contribution < 1.29 is 17.9 Å². The van der Waals surface area contributed by atoms with E-state index in [1.807, 2.05) is 12.1 Å². The molecule has 30 heavy (non-hydrogen) atoms. The third-order valence-corrected chi connectivity index (χ3v) is 7.54. The van der Waals surface area contributed by atoms with Crippen LogP contribution in [0.1, 0.15) is 23.1 Å². The van der Waals surface area contributed by atoms with E-state index in [9.17, 15) is 13.2 Å². The molecule has 2 aromatic carbocycles. The average Bonchev–Trinajstić information content (AvgIpc) is 3.26. The Labute approximate surface area is 176 Å². The summed E-state index contributed by atoms with van der Waals surface area (Å²) in [5.41, 5.74) is 2.89. The van der Waals surface area contributed by atoms with Crippen molar-refractivity contribution in [3.8, 4) is 11.8 Å². The first-order valence-corrected chi connectivity index (χ1v) is 11.4. The molecule has 0 saturated carbocycles. The summed E-state index contributed by atoms with van der Waals surface area (Å²) in [5.74, 6) is 0.328. The Bertz CT molecular complexity index is 1080. The van der Waals surface area contributed by atoms with Gasteiger partial charge in [0.25, 0.3) is 5.91 Å². The smallest absolute Gasteiger partial charge is 0.260 e. The van der Waals surface area contributed by atoms with Gasteiger partial charge >= 0.3 is 0 Å². The minimum absolute atomic E-state index is 0.122. The molecule has 0 aromatic heterocycles. The van der Waals surface area contributed by atoms with Crippen LogP contribution >= 0.6 is 0 Å². The second-order valence-electron chi connectivity index (χ2n) is 7.49. The van der Waals surface area contributed by atoms with E-state index in [0.717, 1.165) is 24.8 Å². The molecule has 1 heterocycles. The lowest BCUT2D eigenvalue weighted by Gasteiger charge is -2.34. The number of aryl methyl sites for hydroxylation is 2. The highest BCUT2D eigenvalue weighted by molar-refractivity contribution is 7.89. The number of ether oxygens (including phenoxy) is 1. The highest BCUT2D eigenvalue weighted by atomic mass is 32.2. The van der Waals surface area contributed by atoms with Crippen LogP contribution in [0.15, 0.2) is 47.4 Å². The molecule has 2 aromatic rings. The lowest BCUT2D eigenvalue weighted by Crippen LogP contribution is -2.51. The summed E-state index contributed by atoms with van der Waals surface area (Å²) < 4.78 is 33.0. The first-order chi connectivity index (χ1) is 14.5. The second kappa shape index (κ2) is 8.46. The molecule has 0 bridgehead atoms. The van der Waals surface area contributed by atoms with E-state index in [1.54, 1.807) is 41.3 Å². The van der Waals surface area contributed by atoms with Gasteiger partial charge in [0, 0.05) is 26.2 Å². The van der Waals surface area contributed by atoms with Gasteiger partial charge in [-0.15, -0.1) is 0 Å². The number of amides is 1. The molecule has 156 valence electrons. The zero-order valence-corrected chi connectivity index (χ0v) is 17.4. The molecule has 1 amide bonds. The Balaban J connectivity index is 1.32.